The Labute approximate surface area is 131 Å². The summed E-state index contributed by atoms with van der Waals surface area (Å²) in [4.78, 5) is 2.29. The van der Waals surface area contributed by atoms with E-state index in [1.807, 2.05) is 23.1 Å². The third-order valence-corrected chi connectivity index (χ3v) is 5.76. The molecule has 2 aromatic carbocycles. The largest absolute Gasteiger partial charge is 0.399 e. The van der Waals surface area contributed by atoms with Gasteiger partial charge in [0.2, 0.25) is 10.0 Å². The lowest BCUT2D eigenvalue weighted by Gasteiger charge is -2.24. The van der Waals surface area contributed by atoms with E-state index >= 15 is 0 Å². The summed E-state index contributed by atoms with van der Waals surface area (Å²) < 4.78 is 26.5. The molecule has 0 saturated carbocycles. The number of rotatable bonds is 3. The lowest BCUT2D eigenvalue weighted by Crippen LogP contribution is -2.25. The molecule has 0 saturated heterocycles. The summed E-state index contributed by atoms with van der Waals surface area (Å²) in [5.41, 5.74) is 9.22. The van der Waals surface area contributed by atoms with Crippen molar-refractivity contribution in [3.8, 4) is 0 Å². The highest BCUT2D eigenvalue weighted by Crippen LogP contribution is 2.38. The summed E-state index contributed by atoms with van der Waals surface area (Å²) in [6, 6.07) is 13.1. The van der Waals surface area contributed by atoms with E-state index in [-0.39, 0.29) is 4.90 Å². The van der Waals surface area contributed by atoms with Gasteiger partial charge in [-0.2, -0.15) is 0 Å². The first kappa shape index (κ1) is 14.9. The number of benzene rings is 2. The molecule has 3 rings (SSSR count). The summed E-state index contributed by atoms with van der Waals surface area (Å²) in [5.74, 6) is 0. The fourth-order valence-electron chi connectivity index (χ4n) is 2.75. The van der Waals surface area contributed by atoms with Crippen molar-refractivity contribution >= 4 is 27.1 Å². The van der Waals surface area contributed by atoms with Gasteiger partial charge in [0.25, 0.3) is 0 Å². The summed E-state index contributed by atoms with van der Waals surface area (Å²) in [5, 5.41) is 0. The lowest BCUT2D eigenvalue weighted by atomic mass is 10.2. The highest BCUT2D eigenvalue weighted by atomic mass is 32.2. The van der Waals surface area contributed by atoms with Crippen molar-refractivity contribution in [1.82, 2.24) is 4.31 Å². The van der Waals surface area contributed by atoms with Crippen LogP contribution in [0.4, 0.5) is 17.1 Å². The third-order valence-electron chi connectivity index (χ3n) is 3.92. The molecule has 22 heavy (non-hydrogen) atoms. The average Bonchev–Trinajstić information content (AvgIpc) is 2.91. The summed E-state index contributed by atoms with van der Waals surface area (Å²) in [6.07, 6.45) is 0.905. The van der Waals surface area contributed by atoms with Crippen LogP contribution in [0.5, 0.6) is 0 Å². The van der Waals surface area contributed by atoms with Crippen molar-refractivity contribution in [3.63, 3.8) is 0 Å². The van der Waals surface area contributed by atoms with Crippen LogP contribution >= 0.6 is 0 Å². The quantitative estimate of drug-likeness (QED) is 0.882. The molecule has 1 heterocycles. The van der Waals surface area contributed by atoms with Crippen LogP contribution in [-0.2, 0) is 16.4 Å². The van der Waals surface area contributed by atoms with E-state index in [2.05, 4.69) is 6.07 Å². The molecule has 0 atom stereocenters. The maximum absolute atomic E-state index is 12.6. The van der Waals surface area contributed by atoms with Gasteiger partial charge in [0.15, 0.2) is 0 Å². The molecule has 1 aliphatic heterocycles. The molecule has 2 N–H and O–H groups in total. The van der Waals surface area contributed by atoms with Crippen LogP contribution in [0.1, 0.15) is 5.56 Å². The van der Waals surface area contributed by atoms with Gasteiger partial charge in [-0.05, 0) is 36.2 Å². The molecule has 5 nitrogen and oxygen atoms in total. The van der Waals surface area contributed by atoms with Crippen molar-refractivity contribution in [2.75, 3.05) is 31.3 Å². The van der Waals surface area contributed by atoms with Crippen LogP contribution in [-0.4, -0.2) is 33.4 Å². The Kier molecular flexibility index (Phi) is 3.58. The molecule has 2 aromatic rings. The van der Waals surface area contributed by atoms with Crippen molar-refractivity contribution < 1.29 is 8.42 Å². The van der Waals surface area contributed by atoms with E-state index in [1.54, 1.807) is 12.1 Å². The zero-order chi connectivity index (χ0) is 15.9. The highest BCUT2D eigenvalue weighted by molar-refractivity contribution is 7.89. The van der Waals surface area contributed by atoms with Gasteiger partial charge >= 0.3 is 0 Å². The molecule has 6 heteroatoms. The second kappa shape index (κ2) is 5.30. The van der Waals surface area contributed by atoms with Crippen LogP contribution in [0.3, 0.4) is 0 Å². The summed E-state index contributed by atoms with van der Waals surface area (Å²) in [7, 11) is -0.502. The fourth-order valence-corrected chi connectivity index (χ4v) is 3.87. The number of fused-ring (bicyclic) bond motifs is 1. The second-order valence-corrected chi connectivity index (χ2v) is 7.67. The van der Waals surface area contributed by atoms with Crippen molar-refractivity contribution in [1.29, 1.82) is 0 Å². The number of sulfonamides is 1. The molecule has 0 aliphatic carbocycles. The molecule has 0 unspecified atom stereocenters. The Hall–Kier alpha value is -2.05. The van der Waals surface area contributed by atoms with Crippen LogP contribution in [0, 0.1) is 0 Å². The maximum atomic E-state index is 12.6. The van der Waals surface area contributed by atoms with E-state index < -0.39 is 10.0 Å². The Morgan fingerprint density at radius 2 is 1.82 bits per heavy atom. The standard InChI is InChI=1S/C16H19N3O2S/c1-18(2)22(20,21)16-11-13(17)7-8-15(16)19-10-9-12-5-3-4-6-14(12)19/h3-8,11H,9-10,17H2,1-2H3. The monoisotopic (exact) mass is 317 g/mol. The minimum atomic E-state index is -3.56. The number of para-hydroxylation sites is 1. The van der Waals surface area contributed by atoms with E-state index in [4.69, 9.17) is 5.73 Å². The number of nitrogens with zero attached hydrogens (tertiary/aromatic N) is 2. The predicted octanol–water partition coefficient (Wildman–Crippen LogP) is 2.21. The van der Waals surface area contributed by atoms with Gasteiger partial charge < -0.3 is 10.6 Å². The summed E-state index contributed by atoms with van der Waals surface area (Å²) >= 11 is 0. The molecule has 0 fully saturated rings. The molecular formula is C16H19N3O2S. The molecule has 0 bridgehead atoms. The maximum Gasteiger partial charge on any atom is 0.244 e. The van der Waals surface area contributed by atoms with Crippen LogP contribution in [0.25, 0.3) is 0 Å². The van der Waals surface area contributed by atoms with Crippen LogP contribution in [0.15, 0.2) is 47.4 Å². The molecular weight excluding hydrogens is 298 g/mol. The van der Waals surface area contributed by atoms with Gasteiger partial charge in [-0.3, -0.25) is 0 Å². The zero-order valence-corrected chi connectivity index (χ0v) is 13.5. The Bertz CT molecular complexity index is 816. The first-order chi connectivity index (χ1) is 10.4. The topological polar surface area (TPSA) is 66.6 Å². The van der Waals surface area contributed by atoms with Gasteiger partial charge in [-0.15, -0.1) is 0 Å². The average molecular weight is 317 g/mol. The second-order valence-electron chi connectivity index (χ2n) is 5.54. The third kappa shape index (κ3) is 2.34. The van der Waals surface area contributed by atoms with Crippen molar-refractivity contribution in [2.45, 2.75) is 11.3 Å². The Morgan fingerprint density at radius 3 is 2.55 bits per heavy atom. The SMILES string of the molecule is CN(C)S(=O)(=O)c1cc(N)ccc1N1CCc2ccccc21. The minimum Gasteiger partial charge on any atom is -0.399 e. The van der Waals surface area contributed by atoms with E-state index in [0.29, 0.717) is 11.4 Å². The molecule has 0 amide bonds. The van der Waals surface area contributed by atoms with Gasteiger partial charge in [-0.1, -0.05) is 18.2 Å². The first-order valence-electron chi connectivity index (χ1n) is 7.09. The lowest BCUT2D eigenvalue weighted by molar-refractivity contribution is 0.521. The van der Waals surface area contributed by atoms with Gasteiger partial charge in [0.1, 0.15) is 4.90 Å². The molecule has 0 aromatic heterocycles. The number of nitrogen functional groups attached to an aromatic ring is 1. The number of hydrogen-bond acceptors (Lipinski definition) is 4. The highest BCUT2D eigenvalue weighted by Gasteiger charge is 2.28. The predicted molar refractivity (Wildman–Crippen MR) is 88.9 cm³/mol. The van der Waals surface area contributed by atoms with Crippen molar-refractivity contribution in [3.05, 3.63) is 48.0 Å². The Balaban J connectivity index is 2.18. The summed E-state index contributed by atoms with van der Waals surface area (Å²) in [6.45, 7) is 0.763. The number of anilines is 3. The van der Waals surface area contributed by atoms with Crippen LogP contribution < -0.4 is 10.6 Å². The van der Waals surface area contributed by atoms with Crippen LogP contribution in [0.2, 0.25) is 0 Å². The molecule has 0 radical (unpaired) electrons. The Morgan fingerprint density at radius 1 is 1.09 bits per heavy atom. The molecule has 116 valence electrons. The van der Waals surface area contributed by atoms with Crippen molar-refractivity contribution in [2.24, 2.45) is 0 Å². The fraction of sp³-hybridized carbons (Fsp3) is 0.250. The van der Waals surface area contributed by atoms with E-state index in [0.717, 1.165) is 18.7 Å². The van der Waals surface area contributed by atoms with E-state index in [1.165, 1.54) is 30.0 Å². The zero-order valence-electron chi connectivity index (χ0n) is 12.7. The van der Waals surface area contributed by atoms with Gasteiger partial charge in [-0.25, -0.2) is 12.7 Å². The van der Waals surface area contributed by atoms with Gasteiger partial charge in [0.05, 0.1) is 5.69 Å². The minimum absolute atomic E-state index is 0.245. The first-order valence-corrected chi connectivity index (χ1v) is 8.53. The number of nitrogens with two attached hydrogens (primary N) is 1. The molecule has 0 spiro atoms. The normalized spacial score (nSPS) is 14.4. The van der Waals surface area contributed by atoms with E-state index in [9.17, 15) is 8.42 Å². The smallest absolute Gasteiger partial charge is 0.244 e. The number of hydrogen-bond donors (Lipinski definition) is 1. The molecule has 1 aliphatic rings. The van der Waals surface area contributed by atoms with Gasteiger partial charge in [0, 0.05) is 32.0 Å².